The van der Waals surface area contributed by atoms with Crippen molar-refractivity contribution in [1.29, 1.82) is 0 Å². The van der Waals surface area contributed by atoms with Crippen molar-refractivity contribution in [2.75, 3.05) is 7.05 Å². The van der Waals surface area contributed by atoms with Crippen LogP contribution in [0.3, 0.4) is 0 Å². The molecule has 2 aromatic rings. The molecular weight excluding hydrogens is 278 g/mol. The summed E-state index contributed by atoms with van der Waals surface area (Å²) in [4.78, 5) is 15.0. The first-order chi connectivity index (χ1) is 10.2. The summed E-state index contributed by atoms with van der Waals surface area (Å²) >= 11 is 1.55. The topological polar surface area (TPSA) is 20.3 Å². The Bertz CT molecular complexity index is 595. The Kier molecular flexibility index (Phi) is 5.64. The maximum atomic E-state index is 12.2. The van der Waals surface area contributed by atoms with Crippen LogP contribution in [-0.2, 0) is 4.79 Å². The van der Waals surface area contributed by atoms with Crippen molar-refractivity contribution in [2.24, 2.45) is 0 Å². The van der Waals surface area contributed by atoms with E-state index in [-0.39, 0.29) is 11.9 Å². The Balaban J connectivity index is 1.93. The van der Waals surface area contributed by atoms with E-state index in [2.05, 4.69) is 0 Å². The molecule has 2 aromatic carbocycles. The SMILES string of the molecule is C[C@@H](c1ccccc1)N(C)C(=O)/C=C/Sc1ccccc1. The predicted octanol–water partition coefficient (Wildman–Crippen LogP) is 4.51. The van der Waals surface area contributed by atoms with E-state index >= 15 is 0 Å². The molecule has 1 amide bonds. The summed E-state index contributed by atoms with van der Waals surface area (Å²) in [7, 11) is 1.83. The second-order valence-electron chi connectivity index (χ2n) is 4.77. The van der Waals surface area contributed by atoms with Crippen molar-refractivity contribution in [3.63, 3.8) is 0 Å². The average Bonchev–Trinajstić information content (AvgIpc) is 2.55. The van der Waals surface area contributed by atoms with E-state index in [1.54, 1.807) is 22.7 Å². The smallest absolute Gasteiger partial charge is 0.247 e. The third-order valence-electron chi connectivity index (χ3n) is 3.37. The molecule has 108 valence electrons. The van der Waals surface area contributed by atoms with Gasteiger partial charge in [0.2, 0.25) is 5.91 Å². The molecule has 0 saturated heterocycles. The van der Waals surface area contributed by atoms with E-state index in [0.717, 1.165) is 10.5 Å². The second-order valence-corrected chi connectivity index (χ2v) is 5.75. The van der Waals surface area contributed by atoms with E-state index in [9.17, 15) is 4.79 Å². The van der Waals surface area contributed by atoms with Crippen LogP contribution >= 0.6 is 11.8 Å². The summed E-state index contributed by atoms with van der Waals surface area (Å²) in [5.41, 5.74) is 1.14. The summed E-state index contributed by atoms with van der Waals surface area (Å²) in [5.74, 6) is 0.00906. The number of benzene rings is 2. The van der Waals surface area contributed by atoms with E-state index in [1.807, 2.05) is 80.0 Å². The quantitative estimate of drug-likeness (QED) is 0.597. The number of hydrogen-bond acceptors (Lipinski definition) is 2. The number of nitrogens with zero attached hydrogens (tertiary/aromatic N) is 1. The molecular formula is C18H19NOS. The summed E-state index contributed by atoms with van der Waals surface area (Å²) in [5, 5.41) is 1.84. The standard InChI is InChI=1S/C18H19NOS/c1-15(16-9-5-3-6-10-16)19(2)18(20)13-14-21-17-11-7-4-8-12-17/h3-15H,1-2H3/b14-13+/t15-/m0/s1. The van der Waals surface area contributed by atoms with Crippen molar-refractivity contribution in [2.45, 2.75) is 17.9 Å². The van der Waals surface area contributed by atoms with Crippen molar-refractivity contribution in [3.8, 4) is 0 Å². The lowest BCUT2D eigenvalue weighted by molar-refractivity contribution is -0.126. The van der Waals surface area contributed by atoms with Gasteiger partial charge in [-0.3, -0.25) is 4.79 Å². The van der Waals surface area contributed by atoms with Gasteiger partial charge in [0.25, 0.3) is 0 Å². The maximum Gasteiger partial charge on any atom is 0.247 e. The van der Waals surface area contributed by atoms with Crippen LogP contribution in [0.1, 0.15) is 18.5 Å². The second kappa shape index (κ2) is 7.70. The Morgan fingerprint density at radius 1 is 1.05 bits per heavy atom. The number of likely N-dealkylation sites (N-methyl/N-ethyl adjacent to an activating group) is 1. The highest BCUT2D eigenvalue weighted by molar-refractivity contribution is 8.02. The molecule has 21 heavy (non-hydrogen) atoms. The van der Waals surface area contributed by atoms with Crippen LogP contribution in [0.2, 0.25) is 0 Å². The molecule has 0 aliphatic heterocycles. The molecule has 0 bridgehead atoms. The van der Waals surface area contributed by atoms with E-state index < -0.39 is 0 Å². The molecule has 1 atom stereocenters. The molecule has 0 radical (unpaired) electrons. The van der Waals surface area contributed by atoms with Crippen LogP contribution in [-0.4, -0.2) is 17.9 Å². The van der Waals surface area contributed by atoms with Gasteiger partial charge in [0.15, 0.2) is 0 Å². The normalized spacial score (nSPS) is 12.3. The van der Waals surface area contributed by atoms with Crippen molar-refractivity contribution in [1.82, 2.24) is 4.90 Å². The lowest BCUT2D eigenvalue weighted by Crippen LogP contribution is -2.27. The van der Waals surface area contributed by atoms with Crippen LogP contribution in [0.25, 0.3) is 0 Å². The number of rotatable bonds is 5. The highest BCUT2D eigenvalue weighted by Crippen LogP contribution is 2.20. The fourth-order valence-corrected chi connectivity index (χ4v) is 2.59. The zero-order chi connectivity index (χ0) is 15.1. The summed E-state index contributed by atoms with van der Waals surface area (Å²) in [6, 6.07) is 20.1. The molecule has 0 spiro atoms. The molecule has 0 fully saturated rings. The molecule has 0 aliphatic carbocycles. The highest BCUT2D eigenvalue weighted by atomic mass is 32.2. The third kappa shape index (κ3) is 4.50. The minimum absolute atomic E-state index is 0.00906. The van der Waals surface area contributed by atoms with Gasteiger partial charge in [-0.25, -0.2) is 0 Å². The third-order valence-corrected chi connectivity index (χ3v) is 4.18. The molecule has 0 aliphatic rings. The van der Waals surface area contributed by atoms with Gasteiger partial charge in [0, 0.05) is 18.0 Å². The number of carbonyl (C=O) groups is 1. The molecule has 0 heterocycles. The Labute approximate surface area is 130 Å². The number of amides is 1. The lowest BCUT2D eigenvalue weighted by atomic mass is 10.1. The fourth-order valence-electron chi connectivity index (χ4n) is 1.93. The van der Waals surface area contributed by atoms with Gasteiger partial charge < -0.3 is 4.90 Å². The zero-order valence-corrected chi connectivity index (χ0v) is 13.1. The van der Waals surface area contributed by atoms with E-state index in [0.29, 0.717) is 0 Å². The molecule has 0 aromatic heterocycles. The maximum absolute atomic E-state index is 12.2. The zero-order valence-electron chi connectivity index (χ0n) is 12.3. The monoisotopic (exact) mass is 297 g/mol. The van der Waals surface area contributed by atoms with E-state index in [1.165, 1.54) is 0 Å². The largest absolute Gasteiger partial charge is 0.335 e. The molecule has 2 nitrogen and oxygen atoms in total. The number of hydrogen-bond donors (Lipinski definition) is 0. The van der Waals surface area contributed by atoms with Crippen molar-refractivity contribution in [3.05, 3.63) is 77.7 Å². The molecule has 0 unspecified atom stereocenters. The van der Waals surface area contributed by atoms with Gasteiger partial charge >= 0.3 is 0 Å². The Hall–Kier alpha value is -2.00. The van der Waals surface area contributed by atoms with Gasteiger partial charge in [-0.15, -0.1) is 0 Å². The van der Waals surface area contributed by atoms with Gasteiger partial charge in [-0.05, 0) is 30.0 Å². The van der Waals surface area contributed by atoms with Crippen molar-refractivity contribution >= 4 is 17.7 Å². The van der Waals surface area contributed by atoms with Gasteiger partial charge in [0.1, 0.15) is 0 Å². The van der Waals surface area contributed by atoms with Crippen LogP contribution in [0.15, 0.2) is 77.0 Å². The van der Waals surface area contributed by atoms with E-state index in [4.69, 9.17) is 0 Å². The fraction of sp³-hybridized carbons (Fsp3) is 0.167. The summed E-state index contributed by atoms with van der Waals surface area (Å²) in [6.45, 7) is 2.03. The van der Waals surface area contributed by atoms with Gasteiger partial charge in [-0.2, -0.15) is 0 Å². The van der Waals surface area contributed by atoms with Crippen molar-refractivity contribution < 1.29 is 4.79 Å². The summed E-state index contributed by atoms with van der Waals surface area (Å²) < 4.78 is 0. The summed E-state index contributed by atoms with van der Waals surface area (Å²) in [6.07, 6.45) is 1.62. The van der Waals surface area contributed by atoms with Crippen LogP contribution < -0.4 is 0 Å². The first-order valence-corrected chi connectivity index (χ1v) is 7.76. The molecule has 0 saturated carbocycles. The minimum Gasteiger partial charge on any atom is -0.335 e. The average molecular weight is 297 g/mol. The van der Waals surface area contributed by atoms with Crippen LogP contribution in [0.5, 0.6) is 0 Å². The minimum atomic E-state index is 0.00906. The van der Waals surface area contributed by atoms with Crippen LogP contribution in [0.4, 0.5) is 0 Å². The number of thioether (sulfide) groups is 1. The first kappa shape index (κ1) is 15.4. The Morgan fingerprint density at radius 3 is 2.24 bits per heavy atom. The Morgan fingerprint density at radius 2 is 1.62 bits per heavy atom. The molecule has 2 rings (SSSR count). The number of carbonyl (C=O) groups excluding carboxylic acids is 1. The van der Waals surface area contributed by atoms with Crippen LogP contribution in [0, 0.1) is 0 Å². The van der Waals surface area contributed by atoms with Gasteiger partial charge in [-0.1, -0.05) is 60.3 Å². The highest BCUT2D eigenvalue weighted by Gasteiger charge is 2.14. The lowest BCUT2D eigenvalue weighted by Gasteiger charge is -2.24. The van der Waals surface area contributed by atoms with Gasteiger partial charge in [0.05, 0.1) is 6.04 Å². The predicted molar refractivity (Wildman–Crippen MR) is 89.1 cm³/mol. The molecule has 0 N–H and O–H groups in total. The first-order valence-electron chi connectivity index (χ1n) is 6.88. The molecule has 3 heteroatoms.